The lowest BCUT2D eigenvalue weighted by Crippen LogP contribution is -2.38. The molecule has 1 aliphatic heterocycles. The van der Waals surface area contributed by atoms with E-state index in [0.717, 1.165) is 61.0 Å². The highest BCUT2D eigenvalue weighted by atomic mass is 19.1. The topological polar surface area (TPSA) is 91.2 Å². The number of rotatable bonds is 9. The van der Waals surface area contributed by atoms with Crippen LogP contribution >= 0.6 is 0 Å². The molecule has 2 fully saturated rings. The number of hydrogen-bond acceptors (Lipinski definition) is 5. The maximum atomic E-state index is 14.6. The molecule has 6 N–H and O–H groups in total. The highest BCUT2D eigenvalue weighted by Gasteiger charge is 2.30. The minimum atomic E-state index is -0.453. The Labute approximate surface area is 166 Å². The molecule has 1 heterocycles. The van der Waals surface area contributed by atoms with Crippen molar-refractivity contribution >= 4 is 6.21 Å². The van der Waals surface area contributed by atoms with E-state index in [0.29, 0.717) is 18.2 Å². The van der Waals surface area contributed by atoms with Gasteiger partial charge in [0.2, 0.25) is 0 Å². The molecule has 0 radical (unpaired) electrons. The van der Waals surface area contributed by atoms with Crippen molar-refractivity contribution in [2.45, 2.75) is 43.7 Å². The Kier molecular flexibility index (Phi) is 6.19. The van der Waals surface area contributed by atoms with Gasteiger partial charge in [-0.3, -0.25) is 0 Å². The Balaban J connectivity index is 1.83. The average molecular weight is 384 g/mol. The summed E-state index contributed by atoms with van der Waals surface area (Å²) in [5.74, 6) is 0.151. The lowest BCUT2D eigenvalue weighted by molar-refractivity contribution is 0.337. The Morgan fingerprint density at radius 2 is 2.11 bits per heavy atom. The first kappa shape index (κ1) is 20.1. The third-order valence-corrected chi connectivity index (χ3v) is 5.61. The Bertz CT molecular complexity index is 796. The number of nitrogens with zero attached hydrogens (tertiary/aromatic N) is 1. The van der Waals surface area contributed by atoms with Crippen molar-refractivity contribution < 1.29 is 4.39 Å². The van der Waals surface area contributed by atoms with Crippen LogP contribution in [-0.2, 0) is 0 Å². The van der Waals surface area contributed by atoms with Crippen LogP contribution in [0.25, 0.3) is 0 Å². The van der Waals surface area contributed by atoms with E-state index in [1.54, 1.807) is 6.07 Å². The van der Waals surface area contributed by atoms with Crippen LogP contribution in [0.3, 0.4) is 0 Å². The zero-order valence-electron chi connectivity index (χ0n) is 16.3. The van der Waals surface area contributed by atoms with Crippen LogP contribution in [0.5, 0.6) is 0 Å². The van der Waals surface area contributed by atoms with Crippen LogP contribution in [0, 0.1) is 11.2 Å². The first-order valence-corrected chi connectivity index (χ1v) is 9.81. The van der Waals surface area contributed by atoms with Gasteiger partial charge in [0.15, 0.2) is 0 Å². The molecule has 1 aromatic rings. The summed E-state index contributed by atoms with van der Waals surface area (Å²) >= 11 is 0. The van der Waals surface area contributed by atoms with Gasteiger partial charge in [0.25, 0.3) is 0 Å². The summed E-state index contributed by atoms with van der Waals surface area (Å²) in [5, 5.41) is 10.7. The van der Waals surface area contributed by atoms with Gasteiger partial charge in [0.1, 0.15) is 5.82 Å². The van der Waals surface area contributed by atoms with Crippen LogP contribution in [0.4, 0.5) is 4.39 Å². The molecular weight excluding hydrogens is 353 g/mol. The number of likely N-dealkylation sites (tertiary alicyclic amines) is 1. The summed E-state index contributed by atoms with van der Waals surface area (Å²) < 4.78 is 14.6. The van der Waals surface area contributed by atoms with Crippen molar-refractivity contribution in [1.29, 1.82) is 5.41 Å². The van der Waals surface area contributed by atoms with E-state index in [4.69, 9.17) is 16.9 Å². The van der Waals surface area contributed by atoms with Crippen LogP contribution in [0.2, 0.25) is 0 Å². The molecule has 28 heavy (non-hydrogen) atoms. The number of nitrogens with two attached hydrogens (primary N) is 2. The summed E-state index contributed by atoms with van der Waals surface area (Å²) in [5.41, 5.74) is 15.6. The smallest absolute Gasteiger partial charge is 0.127 e. The normalized spacial score (nSPS) is 20.7. The highest BCUT2D eigenvalue weighted by Crippen LogP contribution is 2.41. The Morgan fingerprint density at radius 1 is 1.36 bits per heavy atom. The quantitative estimate of drug-likeness (QED) is 0.493. The van der Waals surface area contributed by atoms with E-state index in [-0.39, 0.29) is 11.9 Å². The van der Waals surface area contributed by atoms with Crippen LogP contribution in [-0.4, -0.2) is 30.2 Å². The molecule has 0 spiro atoms. The molecule has 2 aliphatic rings. The van der Waals surface area contributed by atoms with Crippen molar-refractivity contribution in [3.8, 4) is 0 Å². The molecule has 0 bridgehead atoms. The fourth-order valence-electron chi connectivity index (χ4n) is 3.91. The van der Waals surface area contributed by atoms with E-state index >= 15 is 0 Å². The van der Waals surface area contributed by atoms with Gasteiger partial charge in [-0.05, 0) is 54.9 Å². The summed E-state index contributed by atoms with van der Waals surface area (Å²) in [7, 11) is 0. The minimum absolute atomic E-state index is 0.0712. The number of nitrogens with one attached hydrogen (secondary N) is 2. The molecule has 6 heteroatoms. The van der Waals surface area contributed by atoms with Crippen molar-refractivity contribution in [2.24, 2.45) is 11.5 Å². The van der Waals surface area contributed by atoms with Gasteiger partial charge in [-0.25, -0.2) is 4.39 Å². The molecular formula is C22H30FN5. The lowest BCUT2D eigenvalue weighted by Gasteiger charge is -2.32. The second-order valence-electron chi connectivity index (χ2n) is 7.61. The second kappa shape index (κ2) is 8.61. The second-order valence-corrected chi connectivity index (χ2v) is 7.61. The predicted molar refractivity (Wildman–Crippen MR) is 112 cm³/mol. The summed E-state index contributed by atoms with van der Waals surface area (Å²) in [6.45, 7) is 9.56. The molecule has 2 atom stereocenters. The fourth-order valence-corrected chi connectivity index (χ4v) is 3.91. The fraction of sp³-hybridized carbons (Fsp3) is 0.409. The van der Waals surface area contributed by atoms with E-state index in [1.807, 2.05) is 12.1 Å². The SMILES string of the molecule is C=C(NC(/C(N)=C/C=N)c1ccc(C2CC2)c(F)c1)C1CCCN1C(=C)CN. The van der Waals surface area contributed by atoms with Gasteiger partial charge in [-0.15, -0.1) is 0 Å². The number of hydrogen-bond donors (Lipinski definition) is 4. The van der Waals surface area contributed by atoms with Crippen molar-refractivity contribution in [3.63, 3.8) is 0 Å². The molecule has 5 nitrogen and oxygen atoms in total. The molecule has 1 saturated heterocycles. The molecule has 1 aromatic carbocycles. The van der Waals surface area contributed by atoms with E-state index in [1.165, 1.54) is 6.08 Å². The summed E-state index contributed by atoms with van der Waals surface area (Å²) in [4.78, 5) is 2.17. The van der Waals surface area contributed by atoms with Crippen LogP contribution in [0.1, 0.15) is 48.8 Å². The first-order chi connectivity index (χ1) is 13.5. The first-order valence-electron chi connectivity index (χ1n) is 9.81. The maximum absolute atomic E-state index is 14.6. The average Bonchev–Trinajstić information content (AvgIpc) is 3.40. The van der Waals surface area contributed by atoms with Gasteiger partial charge < -0.3 is 27.1 Å². The van der Waals surface area contributed by atoms with Crippen molar-refractivity contribution in [1.82, 2.24) is 10.2 Å². The Morgan fingerprint density at radius 3 is 2.71 bits per heavy atom. The van der Waals surface area contributed by atoms with Gasteiger partial charge >= 0.3 is 0 Å². The third-order valence-electron chi connectivity index (χ3n) is 5.61. The van der Waals surface area contributed by atoms with E-state index in [9.17, 15) is 4.39 Å². The standard InChI is InChI=1S/C22H30FN5/c1-14(13-25)28-11-3-4-21(28)15(2)27-22(20(26)9-10-24)17-7-8-18(16-5-6-16)19(23)12-17/h7-10,12,16,21-22,24,27H,1-6,11,13,25-26H2/b20-9-,24-10?. The predicted octanol–water partition coefficient (Wildman–Crippen LogP) is 3.28. The summed E-state index contributed by atoms with van der Waals surface area (Å²) in [6.07, 6.45) is 6.73. The molecule has 1 saturated carbocycles. The van der Waals surface area contributed by atoms with Gasteiger partial charge in [0.05, 0.1) is 12.1 Å². The monoisotopic (exact) mass is 383 g/mol. The van der Waals surface area contributed by atoms with Gasteiger partial charge in [-0.1, -0.05) is 25.3 Å². The minimum Gasteiger partial charge on any atom is -0.400 e. The molecule has 0 amide bonds. The molecule has 150 valence electrons. The molecule has 1 aliphatic carbocycles. The zero-order valence-corrected chi connectivity index (χ0v) is 16.3. The zero-order chi connectivity index (χ0) is 20.3. The summed E-state index contributed by atoms with van der Waals surface area (Å²) in [6, 6.07) is 4.94. The van der Waals surface area contributed by atoms with Gasteiger partial charge in [0, 0.05) is 36.4 Å². The number of allylic oxidation sites excluding steroid dienone is 1. The molecule has 2 unspecified atom stereocenters. The Hall–Kier alpha value is -2.60. The van der Waals surface area contributed by atoms with E-state index in [2.05, 4.69) is 23.4 Å². The largest absolute Gasteiger partial charge is 0.400 e. The van der Waals surface area contributed by atoms with E-state index < -0.39 is 6.04 Å². The lowest BCUT2D eigenvalue weighted by atomic mass is 9.98. The number of halogens is 1. The maximum Gasteiger partial charge on any atom is 0.127 e. The third kappa shape index (κ3) is 4.28. The molecule has 0 aromatic heterocycles. The van der Waals surface area contributed by atoms with Crippen LogP contribution < -0.4 is 16.8 Å². The van der Waals surface area contributed by atoms with Gasteiger partial charge in [-0.2, -0.15) is 0 Å². The number of benzene rings is 1. The van der Waals surface area contributed by atoms with Crippen molar-refractivity contribution in [2.75, 3.05) is 13.1 Å². The van der Waals surface area contributed by atoms with Crippen LogP contribution in [0.15, 0.2) is 54.5 Å². The molecule has 3 rings (SSSR count). The van der Waals surface area contributed by atoms with Crippen molar-refractivity contribution in [3.05, 3.63) is 71.5 Å². The highest BCUT2D eigenvalue weighted by molar-refractivity contribution is 5.69.